The smallest absolute Gasteiger partial charge is 0.251 e. The summed E-state index contributed by atoms with van der Waals surface area (Å²) in [6.07, 6.45) is 1.20. The molecule has 0 radical (unpaired) electrons. The number of likely N-dealkylation sites (tertiary alicyclic amines) is 1. The van der Waals surface area contributed by atoms with Gasteiger partial charge < -0.3 is 25.5 Å². The van der Waals surface area contributed by atoms with E-state index in [0.717, 1.165) is 12.1 Å². The molecule has 1 aromatic carbocycles. The van der Waals surface area contributed by atoms with Crippen LogP contribution in [0.3, 0.4) is 0 Å². The fraction of sp³-hybridized carbons (Fsp3) is 0.429. The molecular weight excluding hydrogens is 312 g/mol. The van der Waals surface area contributed by atoms with Crippen LogP contribution in [0.2, 0.25) is 0 Å². The molecule has 8 heteroatoms. The van der Waals surface area contributed by atoms with Gasteiger partial charge >= 0.3 is 0 Å². The first-order valence-electron chi connectivity index (χ1n) is 6.82. The molecule has 0 atom stereocenters. The monoisotopic (exact) mass is 328 g/mol. The van der Waals surface area contributed by atoms with E-state index in [1.165, 1.54) is 0 Å². The molecule has 0 saturated carbocycles. The average Bonchev–Trinajstić information content (AvgIpc) is 2.52. The lowest BCUT2D eigenvalue weighted by atomic mass is 10.0. The fourth-order valence-electron chi connectivity index (χ4n) is 2.36. The van der Waals surface area contributed by atoms with Gasteiger partial charge in [0, 0.05) is 24.7 Å². The molecule has 7 nitrogen and oxygen atoms in total. The van der Waals surface area contributed by atoms with Crippen LogP contribution in [0.25, 0.3) is 0 Å². The van der Waals surface area contributed by atoms with Gasteiger partial charge in [0.25, 0.3) is 5.91 Å². The number of halogens is 1. The average molecular weight is 329 g/mol. The first kappa shape index (κ1) is 16.2. The summed E-state index contributed by atoms with van der Waals surface area (Å²) >= 11 is 5.50. The molecule has 0 aliphatic carbocycles. The normalized spacial score (nSPS) is 15.6. The minimum Gasteiger partial charge on any atom is -0.504 e. The van der Waals surface area contributed by atoms with Crippen molar-refractivity contribution in [3.05, 3.63) is 17.7 Å². The Hall–Kier alpha value is -2.15. The van der Waals surface area contributed by atoms with Gasteiger partial charge in [-0.25, -0.2) is 0 Å². The number of alkyl halides is 1. The Morgan fingerprint density at radius 1 is 1.18 bits per heavy atom. The van der Waals surface area contributed by atoms with Gasteiger partial charge in [-0.3, -0.25) is 9.59 Å². The van der Waals surface area contributed by atoms with Gasteiger partial charge in [0.1, 0.15) is 5.88 Å². The highest BCUT2D eigenvalue weighted by Crippen LogP contribution is 2.35. The zero-order valence-electron chi connectivity index (χ0n) is 11.8. The number of nitrogens with zero attached hydrogens (tertiary/aromatic N) is 1. The molecule has 22 heavy (non-hydrogen) atoms. The standard InChI is InChI=1S/C14H17ClN2O5/c15-7-12(20)17-3-1-9(2-4-17)16-14(22)8-5-10(18)13(21)11(19)6-8/h5-6,9,18-19,21H,1-4,7H2,(H,16,22). The Balaban J connectivity index is 1.95. The molecule has 120 valence electrons. The fourth-order valence-corrected chi connectivity index (χ4v) is 2.53. The second-order valence-corrected chi connectivity index (χ2v) is 5.39. The highest BCUT2D eigenvalue weighted by molar-refractivity contribution is 6.27. The Morgan fingerprint density at radius 3 is 2.23 bits per heavy atom. The summed E-state index contributed by atoms with van der Waals surface area (Å²) in [5.74, 6) is -2.43. The number of carbonyl (C=O) groups excluding carboxylic acids is 2. The van der Waals surface area contributed by atoms with Crippen LogP contribution >= 0.6 is 11.6 Å². The van der Waals surface area contributed by atoms with Crippen molar-refractivity contribution in [1.82, 2.24) is 10.2 Å². The van der Waals surface area contributed by atoms with Crippen molar-refractivity contribution in [2.45, 2.75) is 18.9 Å². The molecule has 0 unspecified atom stereocenters. The van der Waals surface area contributed by atoms with Crippen LogP contribution in [-0.2, 0) is 4.79 Å². The molecule has 0 spiro atoms. The zero-order chi connectivity index (χ0) is 16.3. The topological polar surface area (TPSA) is 110 Å². The second kappa shape index (κ2) is 6.74. The Bertz CT molecular complexity index is 562. The summed E-state index contributed by atoms with van der Waals surface area (Å²) in [5.41, 5.74) is 0.0482. The summed E-state index contributed by atoms with van der Waals surface area (Å²) in [6.45, 7) is 1.03. The zero-order valence-corrected chi connectivity index (χ0v) is 12.5. The molecule has 2 amide bonds. The van der Waals surface area contributed by atoms with Gasteiger partial charge in [-0.2, -0.15) is 0 Å². The minimum absolute atomic E-state index is 0.0482. The molecule has 1 aromatic rings. The maximum atomic E-state index is 12.1. The van der Waals surface area contributed by atoms with Gasteiger partial charge in [0.15, 0.2) is 17.2 Å². The SMILES string of the molecule is O=C(NC1CCN(C(=O)CCl)CC1)c1cc(O)c(O)c(O)c1. The lowest BCUT2D eigenvalue weighted by molar-refractivity contribution is -0.129. The molecule has 0 aromatic heterocycles. The van der Waals surface area contributed by atoms with Crippen LogP contribution in [0.4, 0.5) is 0 Å². The van der Waals surface area contributed by atoms with E-state index in [1.54, 1.807) is 4.90 Å². The van der Waals surface area contributed by atoms with E-state index in [-0.39, 0.29) is 23.4 Å². The van der Waals surface area contributed by atoms with Gasteiger partial charge in [-0.1, -0.05) is 0 Å². The second-order valence-electron chi connectivity index (χ2n) is 5.13. The predicted molar refractivity (Wildman–Crippen MR) is 79.2 cm³/mol. The molecular formula is C14H17ClN2O5. The third-order valence-electron chi connectivity index (χ3n) is 3.63. The van der Waals surface area contributed by atoms with Gasteiger partial charge in [-0.05, 0) is 25.0 Å². The largest absolute Gasteiger partial charge is 0.504 e. The van der Waals surface area contributed by atoms with E-state index in [9.17, 15) is 24.9 Å². The molecule has 1 saturated heterocycles. The molecule has 2 rings (SSSR count). The molecule has 1 heterocycles. The Labute approximate surface area is 132 Å². The van der Waals surface area contributed by atoms with Gasteiger partial charge in [0.05, 0.1) is 0 Å². The summed E-state index contributed by atoms with van der Waals surface area (Å²) in [7, 11) is 0. The number of phenols is 3. The third-order valence-corrected chi connectivity index (χ3v) is 3.86. The lowest BCUT2D eigenvalue weighted by Gasteiger charge is -2.32. The number of amides is 2. The van der Waals surface area contributed by atoms with Gasteiger partial charge in [-0.15, -0.1) is 11.6 Å². The van der Waals surface area contributed by atoms with Gasteiger partial charge in [0.2, 0.25) is 5.91 Å². The lowest BCUT2D eigenvalue weighted by Crippen LogP contribution is -2.46. The number of carbonyl (C=O) groups is 2. The number of aromatic hydroxyl groups is 3. The van der Waals surface area contributed by atoms with Crippen LogP contribution in [0.1, 0.15) is 23.2 Å². The summed E-state index contributed by atoms with van der Waals surface area (Å²) < 4.78 is 0. The quantitative estimate of drug-likeness (QED) is 0.484. The van der Waals surface area contributed by atoms with Crippen molar-refractivity contribution in [2.75, 3.05) is 19.0 Å². The number of piperidine rings is 1. The van der Waals surface area contributed by atoms with E-state index in [0.29, 0.717) is 25.9 Å². The molecule has 1 aliphatic heterocycles. The predicted octanol–water partition coefficient (Wildman–Crippen LogP) is 0.763. The van der Waals surface area contributed by atoms with Crippen molar-refractivity contribution in [2.24, 2.45) is 0 Å². The van der Waals surface area contributed by atoms with Crippen LogP contribution in [0, 0.1) is 0 Å². The number of phenolic OH excluding ortho intramolecular Hbond substituents is 3. The van der Waals surface area contributed by atoms with Crippen molar-refractivity contribution in [3.63, 3.8) is 0 Å². The summed E-state index contributed by atoms with van der Waals surface area (Å²) in [5, 5.41) is 30.9. The first-order valence-corrected chi connectivity index (χ1v) is 7.35. The van der Waals surface area contributed by atoms with E-state index < -0.39 is 23.2 Å². The number of benzene rings is 1. The third kappa shape index (κ3) is 3.54. The van der Waals surface area contributed by atoms with E-state index >= 15 is 0 Å². The van der Waals surface area contributed by atoms with E-state index in [1.807, 2.05) is 0 Å². The first-order chi connectivity index (χ1) is 10.4. The maximum Gasteiger partial charge on any atom is 0.251 e. The number of nitrogens with one attached hydrogen (secondary N) is 1. The number of hydrogen-bond donors (Lipinski definition) is 4. The van der Waals surface area contributed by atoms with E-state index in [2.05, 4.69) is 5.32 Å². The Morgan fingerprint density at radius 2 is 1.73 bits per heavy atom. The molecule has 0 bridgehead atoms. The maximum absolute atomic E-state index is 12.1. The van der Waals surface area contributed by atoms with Crippen LogP contribution in [0.15, 0.2) is 12.1 Å². The van der Waals surface area contributed by atoms with Crippen LogP contribution in [-0.4, -0.2) is 57.0 Å². The number of hydrogen-bond acceptors (Lipinski definition) is 5. The molecule has 1 fully saturated rings. The number of rotatable bonds is 3. The van der Waals surface area contributed by atoms with Crippen LogP contribution < -0.4 is 5.32 Å². The minimum atomic E-state index is -0.663. The highest BCUT2D eigenvalue weighted by Gasteiger charge is 2.24. The molecule has 4 N–H and O–H groups in total. The van der Waals surface area contributed by atoms with E-state index in [4.69, 9.17) is 11.6 Å². The highest BCUT2D eigenvalue weighted by atomic mass is 35.5. The molecule has 1 aliphatic rings. The van der Waals surface area contributed by atoms with Crippen molar-refractivity contribution in [3.8, 4) is 17.2 Å². The Kier molecular flexibility index (Phi) is 4.97. The summed E-state index contributed by atoms with van der Waals surface area (Å²) in [6, 6.07) is 2.05. The van der Waals surface area contributed by atoms with Crippen molar-refractivity contribution < 1.29 is 24.9 Å². The summed E-state index contributed by atoms with van der Waals surface area (Å²) in [4.78, 5) is 25.2. The van der Waals surface area contributed by atoms with Crippen molar-refractivity contribution in [1.29, 1.82) is 0 Å². The van der Waals surface area contributed by atoms with Crippen LogP contribution in [0.5, 0.6) is 17.2 Å². The van der Waals surface area contributed by atoms with Crippen molar-refractivity contribution >= 4 is 23.4 Å².